The molecule has 0 aromatic heterocycles. The largest absolute Gasteiger partial charge is 0.396 e. The number of aliphatic hydroxyl groups excluding tert-OH is 1. The van der Waals surface area contributed by atoms with Gasteiger partial charge in [0, 0.05) is 38.0 Å². The molecule has 1 unspecified atom stereocenters. The van der Waals surface area contributed by atoms with Crippen molar-refractivity contribution in [1.82, 2.24) is 4.90 Å². The van der Waals surface area contributed by atoms with E-state index in [9.17, 15) is 0 Å². The molecule has 1 aromatic carbocycles. The quantitative estimate of drug-likeness (QED) is 0.879. The van der Waals surface area contributed by atoms with Crippen LogP contribution in [0.5, 0.6) is 0 Å². The van der Waals surface area contributed by atoms with E-state index in [2.05, 4.69) is 48.0 Å². The third kappa shape index (κ3) is 2.85. The number of aryl methyl sites for hydroxylation is 1. The van der Waals surface area contributed by atoms with Crippen molar-refractivity contribution in [2.24, 2.45) is 0 Å². The molecule has 0 radical (unpaired) electrons. The zero-order valence-corrected chi connectivity index (χ0v) is 11.5. The molecule has 18 heavy (non-hydrogen) atoms. The maximum atomic E-state index is 9.15. The van der Waals surface area contributed by atoms with E-state index in [0.717, 1.165) is 32.5 Å². The molecule has 0 bridgehead atoms. The van der Waals surface area contributed by atoms with Crippen LogP contribution in [0.2, 0.25) is 0 Å². The van der Waals surface area contributed by atoms with Gasteiger partial charge in [-0.2, -0.15) is 0 Å². The van der Waals surface area contributed by atoms with Gasteiger partial charge in [0.1, 0.15) is 0 Å². The number of hydrogen-bond acceptors (Lipinski definition) is 3. The molecule has 3 heteroatoms. The van der Waals surface area contributed by atoms with Crippen LogP contribution in [0.3, 0.4) is 0 Å². The molecule has 1 heterocycles. The predicted octanol–water partition coefficient (Wildman–Crippen LogP) is 1.75. The van der Waals surface area contributed by atoms with Crippen molar-refractivity contribution in [2.75, 3.05) is 38.2 Å². The minimum atomic E-state index is 0.276. The van der Waals surface area contributed by atoms with Crippen LogP contribution >= 0.6 is 0 Å². The first kappa shape index (κ1) is 13.4. The summed E-state index contributed by atoms with van der Waals surface area (Å²) in [6, 6.07) is 9.14. The molecule has 0 aliphatic carbocycles. The molecule has 0 saturated carbocycles. The van der Waals surface area contributed by atoms with Crippen LogP contribution in [0.15, 0.2) is 24.3 Å². The van der Waals surface area contributed by atoms with Crippen molar-refractivity contribution >= 4 is 5.69 Å². The molecule has 2 rings (SSSR count). The normalized spacial score (nSPS) is 21.3. The molecule has 1 aliphatic rings. The first-order valence-electron chi connectivity index (χ1n) is 6.90. The summed E-state index contributed by atoms with van der Waals surface area (Å²) in [5, 5.41) is 9.15. The van der Waals surface area contributed by atoms with Crippen LogP contribution in [0.25, 0.3) is 0 Å². The minimum Gasteiger partial charge on any atom is -0.396 e. The second-order valence-electron chi connectivity index (χ2n) is 5.07. The van der Waals surface area contributed by atoms with Gasteiger partial charge < -0.3 is 10.0 Å². The fourth-order valence-corrected chi connectivity index (χ4v) is 2.74. The Morgan fingerprint density at radius 3 is 2.78 bits per heavy atom. The number of anilines is 1. The van der Waals surface area contributed by atoms with E-state index in [4.69, 9.17) is 5.11 Å². The van der Waals surface area contributed by atoms with Crippen LogP contribution in [0, 0.1) is 0 Å². The average Bonchev–Trinajstić information content (AvgIpc) is 2.41. The fraction of sp³-hybridized carbons (Fsp3) is 0.600. The van der Waals surface area contributed by atoms with E-state index < -0.39 is 0 Å². The predicted molar refractivity (Wildman–Crippen MR) is 76.2 cm³/mol. The first-order valence-corrected chi connectivity index (χ1v) is 6.90. The third-order valence-electron chi connectivity index (χ3n) is 3.95. The molecular formula is C15H24N2O. The van der Waals surface area contributed by atoms with E-state index in [1.54, 1.807) is 0 Å². The summed E-state index contributed by atoms with van der Waals surface area (Å²) >= 11 is 0. The lowest BCUT2D eigenvalue weighted by atomic mass is 10.1. The Balaban J connectivity index is 2.13. The SMILES string of the molecule is CCc1ccccc1N1CCN(C)C(CCO)C1. The highest BCUT2D eigenvalue weighted by Crippen LogP contribution is 2.24. The van der Waals surface area contributed by atoms with Crippen molar-refractivity contribution in [2.45, 2.75) is 25.8 Å². The number of aliphatic hydroxyl groups is 1. The third-order valence-corrected chi connectivity index (χ3v) is 3.95. The van der Waals surface area contributed by atoms with Gasteiger partial charge in [0.15, 0.2) is 0 Å². The number of para-hydroxylation sites is 1. The molecule has 1 N–H and O–H groups in total. The van der Waals surface area contributed by atoms with Gasteiger partial charge in [-0.1, -0.05) is 25.1 Å². The molecule has 1 aromatic rings. The van der Waals surface area contributed by atoms with Gasteiger partial charge in [-0.25, -0.2) is 0 Å². The Hall–Kier alpha value is -1.06. The Morgan fingerprint density at radius 2 is 2.06 bits per heavy atom. The Bertz CT molecular complexity index is 381. The van der Waals surface area contributed by atoms with E-state index in [0.29, 0.717) is 6.04 Å². The lowest BCUT2D eigenvalue weighted by Crippen LogP contribution is -2.52. The molecule has 1 fully saturated rings. The Labute approximate surface area is 110 Å². The molecule has 0 amide bonds. The second kappa shape index (κ2) is 6.21. The number of hydrogen-bond donors (Lipinski definition) is 1. The molecular weight excluding hydrogens is 224 g/mol. The van der Waals surface area contributed by atoms with Crippen molar-refractivity contribution in [3.63, 3.8) is 0 Å². The summed E-state index contributed by atoms with van der Waals surface area (Å²) in [5.41, 5.74) is 2.79. The monoisotopic (exact) mass is 248 g/mol. The highest BCUT2D eigenvalue weighted by atomic mass is 16.3. The summed E-state index contributed by atoms with van der Waals surface area (Å²) in [6.45, 7) is 5.66. The van der Waals surface area contributed by atoms with Crippen LogP contribution in [-0.2, 0) is 6.42 Å². The molecule has 1 saturated heterocycles. The van der Waals surface area contributed by atoms with Gasteiger partial charge in [-0.15, -0.1) is 0 Å². The summed E-state index contributed by atoms with van der Waals surface area (Å²) in [5.74, 6) is 0. The molecule has 3 nitrogen and oxygen atoms in total. The highest BCUT2D eigenvalue weighted by Gasteiger charge is 2.24. The lowest BCUT2D eigenvalue weighted by Gasteiger charge is -2.41. The number of nitrogens with zero attached hydrogens (tertiary/aromatic N) is 2. The van der Waals surface area contributed by atoms with Crippen molar-refractivity contribution in [3.05, 3.63) is 29.8 Å². The summed E-state index contributed by atoms with van der Waals surface area (Å²) < 4.78 is 0. The summed E-state index contributed by atoms with van der Waals surface area (Å²) in [7, 11) is 2.16. The van der Waals surface area contributed by atoms with Crippen LogP contribution in [0.4, 0.5) is 5.69 Å². The molecule has 1 atom stereocenters. The molecule has 100 valence electrons. The number of piperazine rings is 1. The number of rotatable bonds is 4. The topological polar surface area (TPSA) is 26.7 Å². The van der Waals surface area contributed by atoms with Crippen LogP contribution in [-0.4, -0.2) is 49.3 Å². The maximum absolute atomic E-state index is 9.15. The lowest BCUT2D eigenvalue weighted by molar-refractivity contribution is 0.171. The van der Waals surface area contributed by atoms with Gasteiger partial charge in [0.25, 0.3) is 0 Å². The number of benzene rings is 1. The Kier molecular flexibility index (Phi) is 4.61. The zero-order chi connectivity index (χ0) is 13.0. The standard InChI is InChI=1S/C15H24N2O/c1-3-13-6-4-5-7-15(13)17-10-9-16(2)14(12-17)8-11-18/h4-7,14,18H,3,8-12H2,1-2H3. The van der Waals surface area contributed by atoms with Crippen molar-refractivity contribution in [3.8, 4) is 0 Å². The van der Waals surface area contributed by atoms with Gasteiger partial charge in [-0.3, -0.25) is 4.90 Å². The van der Waals surface area contributed by atoms with Gasteiger partial charge in [0.2, 0.25) is 0 Å². The van der Waals surface area contributed by atoms with E-state index in [1.807, 2.05) is 0 Å². The average molecular weight is 248 g/mol. The first-order chi connectivity index (χ1) is 8.76. The summed E-state index contributed by atoms with van der Waals surface area (Å²) in [4.78, 5) is 4.83. The van der Waals surface area contributed by atoms with Crippen molar-refractivity contribution < 1.29 is 5.11 Å². The van der Waals surface area contributed by atoms with Crippen LogP contribution in [0.1, 0.15) is 18.9 Å². The van der Waals surface area contributed by atoms with Crippen molar-refractivity contribution in [1.29, 1.82) is 0 Å². The fourth-order valence-electron chi connectivity index (χ4n) is 2.74. The number of likely N-dealkylation sites (N-methyl/N-ethyl adjacent to an activating group) is 1. The van der Waals surface area contributed by atoms with Crippen LogP contribution < -0.4 is 4.90 Å². The zero-order valence-electron chi connectivity index (χ0n) is 11.5. The van der Waals surface area contributed by atoms with E-state index >= 15 is 0 Å². The maximum Gasteiger partial charge on any atom is 0.0446 e. The second-order valence-corrected chi connectivity index (χ2v) is 5.07. The van der Waals surface area contributed by atoms with E-state index in [1.165, 1.54) is 11.3 Å². The highest BCUT2D eigenvalue weighted by molar-refractivity contribution is 5.54. The molecule has 1 aliphatic heterocycles. The minimum absolute atomic E-state index is 0.276. The van der Waals surface area contributed by atoms with E-state index in [-0.39, 0.29) is 6.61 Å². The van der Waals surface area contributed by atoms with Gasteiger partial charge >= 0.3 is 0 Å². The molecule has 0 spiro atoms. The Morgan fingerprint density at radius 1 is 1.28 bits per heavy atom. The van der Waals surface area contributed by atoms with Gasteiger partial charge in [-0.05, 0) is 31.5 Å². The summed E-state index contributed by atoms with van der Waals surface area (Å²) in [6.07, 6.45) is 1.94. The van der Waals surface area contributed by atoms with Gasteiger partial charge in [0.05, 0.1) is 0 Å². The smallest absolute Gasteiger partial charge is 0.0446 e.